The van der Waals surface area contributed by atoms with Gasteiger partial charge in [-0.1, -0.05) is 41.9 Å². The van der Waals surface area contributed by atoms with Crippen molar-refractivity contribution in [1.82, 2.24) is 25.3 Å². The molecule has 1 saturated carbocycles. The molecule has 0 spiro atoms. The molecule has 0 radical (unpaired) electrons. The lowest BCUT2D eigenvalue weighted by atomic mass is 9.86. The van der Waals surface area contributed by atoms with Crippen molar-refractivity contribution < 1.29 is 13.9 Å². The quantitative estimate of drug-likeness (QED) is 0.257. The predicted molar refractivity (Wildman–Crippen MR) is 144 cm³/mol. The Hall–Kier alpha value is -4.05. The first-order valence-corrected chi connectivity index (χ1v) is 12.8. The summed E-state index contributed by atoms with van der Waals surface area (Å²) in [4.78, 5) is 29.7. The zero-order valence-corrected chi connectivity index (χ0v) is 21.3. The van der Waals surface area contributed by atoms with Gasteiger partial charge >= 0.3 is 6.09 Å². The topological polar surface area (TPSA) is 114 Å². The highest BCUT2D eigenvalue weighted by molar-refractivity contribution is 6.31. The third kappa shape index (κ3) is 6.63. The second-order valence-corrected chi connectivity index (χ2v) is 9.62. The van der Waals surface area contributed by atoms with Crippen LogP contribution < -0.4 is 16.0 Å². The van der Waals surface area contributed by atoms with Crippen LogP contribution in [0.3, 0.4) is 0 Å². The fraction of sp³-hybridized carbons (Fsp3) is 0.296. The monoisotopic (exact) mass is 535 g/mol. The minimum atomic E-state index is -0.494. The third-order valence-electron chi connectivity index (χ3n) is 6.49. The standard InChI is InChI=1S/C27H27ClFN7O2/c28-21-12-20(10-11-22(21)29)34-25-24-23(32-16-33-25)14-31-26(36-24)30-13-17-6-8-19(9-7-17)35-27(37)38-15-18-4-2-1-3-5-18/h1-5,10-12,14,16-17,19H,6-9,13,15H2,(H,35,37)(H,30,31,36)(H,32,33,34). The summed E-state index contributed by atoms with van der Waals surface area (Å²) in [7, 11) is 0. The number of hydrogen-bond donors (Lipinski definition) is 3. The lowest BCUT2D eigenvalue weighted by Gasteiger charge is -2.29. The Morgan fingerprint density at radius 1 is 1.05 bits per heavy atom. The summed E-state index contributed by atoms with van der Waals surface area (Å²) < 4.78 is 18.8. The molecule has 5 rings (SSSR count). The minimum Gasteiger partial charge on any atom is -0.445 e. The maximum atomic E-state index is 13.5. The van der Waals surface area contributed by atoms with Crippen LogP contribution in [0.15, 0.2) is 61.1 Å². The molecule has 0 bridgehead atoms. The van der Waals surface area contributed by atoms with Gasteiger partial charge in [0.2, 0.25) is 5.95 Å². The first-order valence-electron chi connectivity index (χ1n) is 12.4. The van der Waals surface area contributed by atoms with Gasteiger partial charge in [0.25, 0.3) is 0 Å². The number of hydrogen-bond acceptors (Lipinski definition) is 8. The van der Waals surface area contributed by atoms with E-state index >= 15 is 0 Å². The molecule has 2 heterocycles. The van der Waals surface area contributed by atoms with E-state index in [0.29, 0.717) is 40.9 Å². The first kappa shape index (κ1) is 25.6. The number of anilines is 3. The number of amides is 1. The molecule has 2 aromatic carbocycles. The molecule has 1 fully saturated rings. The SMILES string of the molecule is O=C(NC1CCC(CNc2ncc3ncnc(Nc4ccc(F)c(Cl)c4)c3n2)CC1)OCc1ccccc1. The highest BCUT2D eigenvalue weighted by Gasteiger charge is 2.23. The smallest absolute Gasteiger partial charge is 0.407 e. The average Bonchev–Trinajstić information content (AvgIpc) is 2.94. The Morgan fingerprint density at radius 3 is 2.66 bits per heavy atom. The molecule has 196 valence electrons. The van der Waals surface area contributed by atoms with Crippen molar-refractivity contribution in [1.29, 1.82) is 0 Å². The molecule has 0 unspecified atom stereocenters. The van der Waals surface area contributed by atoms with Gasteiger partial charge in [-0.05, 0) is 55.4 Å². The average molecular weight is 536 g/mol. The number of aromatic nitrogens is 4. The highest BCUT2D eigenvalue weighted by atomic mass is 35.5. The number of carbonyl (C=O) groups excluding carboxylic acids is 1. The van der Waals surface area contributed by atoms with Crippen LogP contribution in [0.25, 0.3) is 11.0 Å². The van der Waals surface area contributed by atoms with E-state index in [1.807, 2.05) is 30.3 Å². The molecule has 11 heteroatoms. The number of nitrogens with zero attached hydrogens (tertiary/aromatic N) is 4. The number of alkyl carbamates (subject to hydrolysis) is 1. The van der Waals surface area contributed by atoms with E-state index in [1.54, 1.807) is 12.3 Å². The van der Waals surface area contributed by atoms with Crippen LogP contribution in [0.4, 0.5) is 26.6 Å². The first-order chi connectivity index (χ1) is 18.5. The molecule has 2 aromatic heterocycles. The van der Waals surface area contributed by atoms with Crippen LogP contribution in [0, 0.1) is 11.7 Å². The molecule has 9 nitrogen and oxygen atoms in total. The van der Waals surface area contributed by atoms with Crippen molar-refractivity contribution in [2.75, 3.05) is 17.2 Å². The summed E-state index contributed by atoms with van der Waals surface area (Å²) in [6.45, 7) is 0.971. The molecule has 4 aromatic rings. The Labute approximate surface area is 224 Å². The lowest BCUT2D eigenvalue weighted by molar-refractivity contribution is 0.131. The number of ether oxygens (including phenoxy) is 1. The van der Waals surface area contributed by atoms with E-state index in [9.17, 15) is 9.18 Å². The number of nitrogens with one attached hydrogen (secondary N) is 3. The molecule has 1 aliphatic carbocycles. The Morgan fingerprint density at radius 2 is 1.87 bits per heavy atom. The fourth-order valence-corrected chi connectivity index (χ4v) is 4.60. The third-order valence-corrected chi connectivity index (χ3v) is 6.78. The molecule has 0 saturated heterocycles. The number of benzene rings is 2. The van der Waals surface area contributed by atoms with Crippen LogP contribution in [0.2, 0.25) is 5.02 Å². The molecule has 0 atom stereocenters. The van der Waals surface area contributed by atoms with Gasteiger partial charge in [0, 0.05) is 18.3 Å². The molecule has 1 aliphatic rings. The van der Waals surface area contributed by atoms with Gasteiger partial charge in [0.15, 0.2) is 5.82 Å². The minimum absolute atomic E-state index is 0.0133. The van der Waals surface area contributed by atoms with Crippen molar-refractivity contribution in [2.45, 2.75) is 38.3 Å². The number of halogens is 2. The summed E-state index contributed by atoms with van der Waals surface area (Å²) in [5.41, 5.74) is 2.65. The normalized spacial score (nSPS) is 17.1. The summed E-state index contributed by atoms with van der Waals surface area (Å²) in [5.74, 6) is 0.871. The number of rotatable bonds is 8. The summed E-state index contributed by atoms with van der Waals surface area (Å²) in [6.07, 6.45) is 6.36. The van der Waals surface area contributed by atoms with Gasteiger partial charge in [-0.3, -0.25) is 0 Å². The summed E-state index contributed by atoms with van der Waals surface area (Å²) >= 11 is 5.90. The van der Waals surface area contributed by atoms with E-state index in [4.69, 9.17) is 16.3 Å². The Bertz CT molecular complexity index is 1400. The zero-order chi connectivity index (χ0) is 26.3. The molecular weight excluding hydrogens is 509 g/mol. The van der Waals surface area contributed by atoms with Crippen molar-refractivity contribution >= 4 is 46.2 Å². The van der Waals surface area contributed by atoms with Crippen molar-refractivity contribution in [3.05, 3.63) is 77.5 Å². The largest absolute Gasteiger partial charge is 0.445 e. The summed E-state index contributed by atoms with van der Waals surface area (Å²) in [5, 5.41) is 9.43. The van der Waals surface area contributed by atoms with E-state index in [-0.39, 0.29) is 23.8 Å². The number of fused-ring (bicyclic) bond motifs is 1. The molecule has 3 N–H and O–H groups in total. The van der Waals surface area contributed by atoms with Crippen molar-refractivity contribution in [3.63, 3.8) is 0 Å². The Kier molecular flexibility index (Phi) is 8.08. The fourth-order valence-electron chi connectivity index (χ4n) is 4.42. The van der Waals surface area contributed by atoms with Crippen molar-refractivity contribution in [3.8, 4) is 0 Å². The van der Waals surface area contributed by atoms with Crippen molar-refractivity contribution in [2.24, 2.45) is 5.92 Å². The second-order valence-electron chi connectivity index (χ2n) is 9.21. The predicted octanol–water partition coefficient (Wildman–Crippen LogP) is 5.85. The van der Waals surface area contributed by atoms with Crippen LogP contribution in [0.5, 0.6) is 0 Å². The molecule has 1 amide bonds. The van der Waals surface area contributed by atoms with Crippen LogP contribution >= 0.6 is 11.6 Å². The summed E-state index contributed by atoms with van der Waals surface area (Å²) in [6, 6.07) is 14.1. The molecule has 0 aliphatic heterocycles. The van der Waals surface area contributed by atoms with Crippen LogP contribution in [-0.2, 0) is 11.3 Å². The van der Waals surface area contributed by atoms with E-state index in [1.165, 1.54) is 18.5 Å². The van der Waals surface area contributed by atoms with Crippen LogP contribution in [0.1, 0.15) is 31.2 Å². The maximum absolute atomic E-state index is 13.5. The van der Waals surface area contributed by atoms with Crippen LogP contribution in [-0.4, -0.2) is 38.6 Å². The van der Waals surface area contributed by atoms with Gasteiger partial charge in [0.1, 0.15) is 29.8 Å². The molecular formula is C27H27ClFN7O2. The zero-order valence-electron chi connectivity index (χ0n) is 20.5. The highest BCUT2D eigenvalue weighted by Crippen LogP contribution is 2.27. The second kappa shape index (κ2) is 12.0. The van der Waals surface area contributed by atoms with Gasteiger partial charge in [-0.25, -0.2) is 29.1 Å². The lowest BCUT2D eigenvalue weighted by Crippen LogP contribution is -2.38. The molecule has 38 heavy (non-hydrogen) atoms. The maximum Gasteiger partial charge on any atom is 0.407 e. The van der Waals surface area contributed by atoms with Gasteiger partial charge in [-0.15, -0.1) is 0 Å². The van der Waals surface area contributed by atoms with Gasteiger partial charge < -0.3 is 20.7 Å². The van der Waals surface area contributed by atoms with Gasteiger partial charge in [-0.2, -0.15) is 0 Å². The van der Waals surface area contributed by atoms with E-state index in [2.05, 4.69) is 35.9 Å². The Balaban J connectivity index is 1.12. The van der Waals surface area contributed by atoms with E-state index in [0.717, 1.165) is 31.2 Å². The van der Waals surface area contributed by atoms with Gasteiger partial charge in [0.05, 0.1) is 11.2 Å². The number of carbonyl (C=O) groups is 1. The van der Waals surface area contributed by atoms with E-state index < -0.39 is 5.82 Å².